The first-order valence-electron chi connectivity index (χ1n) is 20.8. The van der Waals surface area contributed by atoms with Crippen molar-refractivity contribution in [1.29, 1.82) is 0 Å². The molecule has 5 unspecified atom stereocenters. The molecule has 2 heteroatoms. The molecule has 55 heavy (non-hydrogen) atoms. The summed E-state index contributed by atoms with van der Waals surface area (Å²) in [6, 6.07) is 53.5. The Morgan fingerprint density at radius 1 is 0.527 bits per heavy atom. The second-order valence-electron chi connectivity index (χ2n) is 18.8. The topological polar surface area (TPSA) is 3.24 Å². The third-order valence-electron chi connectivity index (χ3n) is 14.9. The van der Waals surface area contributed by atoms with Gasteiger partial charge in [-0.3, -0.25) is 0 Å². The number of hydrogen-bond donors (Lipinski definition) is 0. The molecule has 6 aromatic carbocycles. The molecular weight excluding hydrogens is 683 g/mol. The molecule has 1 spiro atoms. The number of hydrogen-bond acceptors (Lipinski definition) is 2. The van der Waals surface area contributed by atoms with Crippen molar-refractivity contribution in [2.24, 2.45) is 23.7 Å². The van der Waals surface area contributed by atoms with E-state index in [1.54, 1.807) is 11.1 Å². The first-order chi connectivity index (χ1) is 26.7. The van der Waals surface area contributed by atoms with Gasteiger partial charge in [0.15, 0.2) is 0 Å². The Morgan fingerprint density at radius 3 is 1.93 bits per heavy atom. The average molecular weight is 734 g/mol. The summed E-state index contributed by atoms with van der Waals surface area (Å²) in [5.74, 6) is 3.14. The zero-order chi connectivity index (χ0) is 37.1. The molecule has 0 N–H and O–H groups in total. The van der Waals surface area contributed by atoms with Crippen molar-refractivity contribution in [3.05, 3.63) is 162 Å². The van der Waals surface area contributed by atoms with Crippen molar-refractivity contribution in [2.75, 3.05) is 4.90 Å². The van der Waals surface area contributed by atoms with Crippen molar-refractivity contribution in [3.63, 3.8) is 0 Å². The quantitative estimate of drug-likeness (QED) is 0.174. The zero-order valence-corrected chi connectivity index (χ0v) is 33.5. The van der Waals surface area contributed by atoms with E-state index < -0.39 is 0 Å². The number of rotatable bonds is 5. The minimum atomic E-state index is 0.0329. The monoisotopic (exact) mass is 733 g/mol. The van der Waals surface area contributed by atoms with Crippen molar-refractivity contribution >= 4 is 28.8 Å². The van der Waals surface area contributed by atoms with E-state index in [9.17, 15) is 0 Å². The highest BCUT2D eigenvalue weighted by atomic mass is 32.2. The van der Waals surface area contributed by atoms with E-state index in [1.807, 2.05) is 11.8 Å². The fourth-order valence-electron chi connectivity index (χ4n) is 12.5. The molecule has 5 atom stereocenters. The minimum absolute atomic E-state index is 0.0329. The Hall–Kier alpha value is -4.53. The van der Waals surface area contributed by atoms with E-state index >= 15 is 0 Å². The molecule has 274 valence electrons. The molecule has 0 aromatic heterocycles. The van der Waals surface area contributed by atoms with Gasteiger partial charge in [-0.2, -0.15) is 0 Å². The fraction of sp³-hybridized carbons (Fsp3) is 0.321. The number of benzene rings is 6. The maximum atomic E-state index is 2.70. The molecule has 1 aliphatic heterocycles. The maximum Gasteiger partial charge on any atom is 0.0610 e. The summed E-state index contributed by atoms with van der Waals surface area (Å²) in [4.78, 5) is 5.63. The van der Waals surface area contributed by atoms with Gasteiger partial charge in [0.1, 0.15) is 0 Å². The lowest BCUT2D eigenvalue weighted by Crippen LogP contribution is -2.44. The van der Waals surface area contributed by atoms with Crippen LogP contribution in [0, 0.1) is 23.7 Å². The Bertz CT molecular complexity index is 2440. The predicted octanol–water partition coefficient (Wildman–Crippen LogP) is 14.7. The first kappa shape index (κ1) is 33.8. The van der Waals surface area contributed by atoms with Crippen molar-refractivity contribution in [1.82, 2.24) is 0 Å². The van der Waals surface area contributed by atoms with Gasteiger partial charge in [0.05, 0.1) is 11.4 Å². The summed E-state index contributed by atoms with van der Waals surface area (Å²) in [5.41, 5.74) is 15.4. The second kappa shape index (κ2) is 12.2. The Kier molecular flexibility index (Phi) is 7.51. The second-order valence-corrected chi connectivity index (χ2v) is 19.8. The smallest absolute Gasteiger partial charge is 0.0610 e. The molecular formula is C53H51NS. The molecule has 6 aromatic rings. The van der Waals surface area contributed by atoms with Gasteiger partial charge in [0, 0.05) is 20.9 Å². The molecule has 1 heterocycles. The average Bonchev–Trinajstić information content (AvgIpc) is 3.62. The summed E-state index contributed by atoms with van der Waals surface area (Å²) in [7, 11) is 0. The summed E-state index contributed by atoms with van der Waals surface area (Å²) < 4.78 is 0. The van der Waals surface area contributed by atoms with Gasteiger partial charge in [-0.1, -0.05) is 143 Å². The lowest BCUT2D eigenvalue weighted by atomic mass is 9.57. The molecule has 0 amide bonds. The van der Waals surface area contributed by atoms with Crippen molar-refractivity contribution in [2.45, 2.75) is 92.3 Å². The van der Waals surface area contributed by atoms with Gasteiger partial charge < -0.3 is 4.90 Å². The SMILES string of the molecule is CC1(C)CCC(C)(C)c2c(N(c3ccc(-c4ccccc4)cc3)c3cc(-c4ccccc4)cc4c3Sc3ccccc3C43C4CC5CC(C4)C3C5)cccc21. The van der Waals surface area contributed by atoms with Crippen LogP contribution in [0.15, 0.2) is 149 Å². The summed E-state index contributed by atoms with van der Waals surface area (Å²) >= 11 is 2.04. The summed E-state index contributed by atoms with van der Waals surface area (Å²) in [5, 5.41) is 0. The lowest BCUT2D eigenvalue weighted by molar-refractivity contribution is 0.181. The highest BCUT2D eigenvalue weighted by Crippen LogP contribution is 2.73. The Balaban J connectivity index is 1.23. The molecule has 1 nitrogen and oxygen atoms in total. The maximum absolute atomic E-state index is 2.70. The standard InChI is InChI=1S/C53H51NS/c1-51(2)26-27-52(3,4)49-43(51)19-13-20-46(49)54(41-24-22-37(23-25-41)35-14-7-5-8-15-35)47-33-38(36-16-9-6-10-17-36)32-45-50(47)55-48-21-12-11-18-42(48)53(45)40-29-34-28-39(31-40)44(53)30-34/h5-25,32-34,39-40,44H,26-31H2,1-4H3. The van der Waals surface area contributed by atoms with Crippen LogP contribution in [0.1, 0.15) is 88.5 Å². The number of fused-ring (bicyclic) bond motifs is 3. The van der Waals surface area contributed by atoms with Crippen molar-refractivity contribution < 1.29 is 0 Å². The number of anilines is 3. The number of nitrogens with zero attached hydrogens (tertiary/aromatic N) is 1. The third-order valence-corrected chi connectivity index (χ3v) is 16.1. The molecule has 4 fully saturated rings. The van der Waals surface area contributed by atoms with Crippen LogP contribution in [-0.4, -0.2) is 0 Å². The third kappa shape index (κ3) is 4.99. The van der Waals surface area contributed by atoms with Crippen LogP contribution in [-0.2, 0) is 16.2 Å². The van der Waals surface area contributed by atoms with Gasteiger partial charge in [0.25, 0.3) is 0 Å². The highest BCUT2D eigenvalue weighted by Gasteiger charge is 2.65. The largest absolute Gasteiger partial charge is 0.309 e. The molecule has 5 aliphatic carbocycles. The van der Waals surface area contributed by atoms with E-state index in [2.05, 4.69) is 172 Å². The molecule has 0 saturated heterocycles. The Labute approximate surface area is 332 Å². The molecule has 6 aliphatic rings. The van der Waals surface area contributed by atoms with E-state index in [0.717, 1.165) is 11.8 Å². The molecule has 4 saturated carbocycles. The van der Waals surface area contributed by atoms with Crippen LogP contribution in [0.2, 0.25) is 0 Å². The fourth-order valence-corrected chi connectivity index (χ4v) is 13.8. The zero-order valence-electron chi connectivity index (χ0n) is 32.7. The minimum Gasteiger partial charge on any atom is -0.309 e. The van der Waals surface area contributed by atoms with Crippen LogP contribution in [0.3, 0.4) is 0 Å². The van der Waals surface area contributed by atoms with Crippen LogP contribution in [0.5, 0.6) is 0 Å². The predicted molar refractivity (Wildman–Crippen MR) is 231 cm³/mol. The van der Waals surface area contributed by atoms with E-state index in [-0.39, 0.29) is 16.2 Å². The summed E-state index contributed by atoms with van der Waals surface area (Å²) in [6.07, 6.45) is 7.93. The van der Waals surface area contributed by atoms with Crippen LogP contribution >= 0.6 is 11.8 Å². The first-order valence-corrected chi connectivity index (χ1v) is 21.6. The van der Waals surface area contributed by atoms with E-state index in [0.29, 0.717) is 11.8 Å². The highest BCUT2D eigenvalue weighted by molar-refractivity contribution is 7.99. The van der Waals surface area contributed by atoms with Gasteiger partial charge >= 0.3 is 0 Å². The van der Waals surface area contributed by atoms with E-state index in [4.69, 9.17) is 0 Å². The van der Waals surface area contributed by atoms with Crippen LogP contribution < -0.4 is 4.90 Å². The summed E-state index contributed by atoms with van der Waals surface area (Å²) in [6.45, 7) is 9.90. The molecule has 4 bridgehead atoms. The van der Waals surface area contributed by atoms with Crippen LogP contribution in [0.4, 0.5) is 17.1 Å². The molecule has 0 radical (unpaired) electrons. The Morgan fingerprint density at radius 2 is 1.18 bits per heavy atom. The van der Waals surface area contributed by atoms with Crippen LogP contribution in [0.25, 0.3) is 22.3 Å². The van der Waals surface area contributed by atoms with Crippen molar-refractivity contribution in [3.8, 4) is 22.3 Å². The van der Waals surface area contributed by atoms with Gasteiger partial charge in [-0.25, -0.2) is 0 Å². The van der Waals surface area contributed by atoms with Gasteiger partial charge in [-0.15, -0.1) is 0 Å². The van der Waals surface area contributed by atoms with Gasteiger partial charge in [0.2, 0.25) is 0 Å². The van der Waals surface area contributed by atoms with Gasteiger partial charge in [-0.05, 0) is 154 Å². The molecule has 12 rings (SSSR count). The lowest BCUT2D eigenvalue weighted by Gasteiger charge is -2.50. The normalized spacial score (nSPS) is 26.0. The van der Waals surface area contributed by atoms with E-state index in [1.165, 1.54) is 98.8 Å².